The molecule has 3 heteroatoms. The molecule has 1 amide bonds. The van der Waals surface area contributed by atoms with Crippen molar-refractivity contribution in [2.24, 2.45) is 11.3 Å². The van der Waals surface area contributed by atoms with E-state index in [1.165, 1.54) is 0 Å². The summed E-state index contributed by atoms with van der Waals surface area (Å²) in [6, 6.07) is 0. The number of hydrogen-bond donors (Lipinski definition) is 0. The third-order valence-corrected chi connectivity index (χ3v) is 4.17. The summed E-state index contributed by atoms with van der Waals surface area (Å²) < 4.78 is 0. The number of alkyl halides is 1. The van der Waals surface area contributed by atoms with Gasteiger partial charge in [0.2, 0.25) is 5.91 Å². The number of hydrogen-bond acceptors (Lipinski definition) is 1. The normalized spacial score (nSPS) is 20.9. The van der Waals surface area contributed by atoms with Gasteiger partial charge in [-0.25, -0.2) is 0 Å². The lowest BCUT2D eigenvalue weighted by Gasteiger charge is -2.33. The summed E-state index contributed by atoms with van der Waals surface area (Å²) in [7, 11) is 0. The summed E-state index contributed by atoms with van der Waals surface area (Å²) in [5, 5.41) is 0.268. The fraction of sp³-hybridized carbons (Fsp3) is 0.923. The number of nitrogens with zero attached hydrogens (tertiary/aromatic N) is 1. The van der Waals surface area contributed by atoms with Gasteiger partial charge in [-0.1, -0.05) is 27.7 Å². The molecule has 16 heavy (non-hydrogen) atoms. The molecule has 94 valence electrons. The van der Waals surface area contributed by atoms with Crippen LogP contribution in [0.15, 0.2) is 0 Å². The summed E-state index contributed by atoms with van der Waals surface area (Å²) in [5.41, 5.74) is 0.209. The van der Waals surface area contributed by atoms with Gasteiger partial charge in [0.15, 0.2) is 0 Å². The van der Waals surface area contributed by atoms with Gasteiger partial charge in [-0.3, -0.25) is 4.79 Å². The maximum Gasteiger partial charge on any atom is 0.222 e. The van der Waals surface area contributed by atoms with E-state index in [0.717, 1.165) is 25.9 Å². The molecule has 0 aromatic carbocycles. The number of carbonyl (C=O) groups is 1. The van der Waals surface area contributed by atoms with Crippen LogP contribution in [0.2, 0.25) is 0 Å². The molecule has 1 aliphatic rings. The van der Waals surface area contributed by atoms with Crippen molar-refractivity contribution >= 4 is 17.5 Å². The van der Waals surface area contributed by atoms with Crippen molar-refractivity contribution < 1.29 is 4.79 Å². The van der Waals surface area contributed by atoms with Crippen LogP contribution in [-0.2, 0) is 4.79 Å². The number of rotatable bonds is 2. The Balaban J connectivity index is 2.41. The molecule has 1 unspecified atom stereocenters. The molecule has 0 aromatic heterocycles. The van der Waals surface area contributed by atoms with Gasteiger partial charge in [-0.15, -0.1) is 11.6 Å². The topological polar surface area (TPSA) is 20.3 Å². The van der Waals surface area contributed by atoms with Crippen LogP contribution in [0.4, 0.5) is 0 Å². The molecule has 1 atom stereocenters. The lowest BCUT2D eigenvalue weighted by atomic mass is 9.80. The zero-order chi connectivity index (χ0) is 12.3. The molecule has 0 bridgehead atoms. The van der Waals surface area contributed by atoms with Crippen LogP contribution in [0, 0.1) is 11.3 Å². The largest absolute Gasteiger partial charge is 0.343 e. The van der Waals surface area contributed by atoms with Gasteiger partial charge >= 0.3 is 0 Å². The van der Waals surface area contributed by atoms with Crippen molar-refractivity contribution in [1.82, 2.24) is 4.90 Å². The zero-order valence-electron chi connectivity index (χ0n) is 10.9. The summed E-state index contributed by atoms with van der Waals surface area (Å²) >= 11 is 6.03. The highest BCUT2D eigenvalue weighted by molar-refractivity contribution is 6.20. The van der Waals surface area contributed by atoms with Crippen molar-refractivity contribution in [1.29, 1.82) is 0 Å². The van der Waals surface area contributed by atoms with E-state index >= 15 is 0 Å². The minimum atomic E-state index is 0.209. The lowest BCUT2D eigenvalue weighted by molar-refractivity contribution is -0.133. The second-order valence-electron chi connectivity index (χ2n) is 6.03. The second-order valence-corrected chi connectivity index (χ2v) is 6.64. The Morgan fingerprint density at radius 2 is 1.88 bits per heavy atom. The lowest BCUT2D eigenvalue weighted by Crippen LogP contribution is -2.40. The molecule has 0 spiro atoms. The van der Waals surface area contributed by atoms with Crippen molar-refractivity contribution in [3.8, 4) is 0 Å². The first-order valence-corrected chi connectivity index (χ1v) is 6.66. The second kappa shape index (κ2) is 5.39. The third-order valence-electron chi connectivity index (χ3n) is 3.74. The maximum atomic E-state index is 12.0. The maximum absolute atomic E-state index is 12.0. The van der Waals surface area contributed by atoms with Gasteiger partial charge in [0.1, 0.15) is 0 Å². The molecule has 0 saturated carbocycles. The number of likely N-dealkylation sites (tertiary alicyclic amines) is 1. The standard InChI is InChI=1S/C13H24ClNO/c1-10(13(2,3)4)9-12(16)15-7-5-11(14)6-8-15/h10-11H,5-9H2,1-4H3. The molecule has 0 N–H and O–H groups in total. The molecule has 1 rings (SSSR count). The highest BCUT2D eigenvalue weighted by atomic mass is 35.5. The molecule has 0 aliphatic carbocycles. The van der Waals surface area contributed by atoms with Gasteiger partial charge in [0.05, 0.1) is 0 Å². The average molecular weight is 246 g/mol. The van der Waals surface area contributed by atoms with E-state index in [4.69, 9.17) is 11.6 Å². The summed E-state index contributed by atoms with van der Waals surface area (Å²) in [5.74, 6) is 0.722. The fourth-order valence-corrected chi connectivity index (χ4v) is 1.99. The molecular formula is C13H24ClNO. The molecule has 1 heterocycles. The molecule has 0 aromatic rings. The van der Waals surface area contributed by atoms with Gasteiger partial charge in [0.25, 0.3) is 0 Å². The smallest absolute Gasteiger partial charge is 0.222 e. The predicted molar refractivity (Wildman–Crippen MR) is 68.7 cm³/mol. The molecule has 1 fully saturated rings. The Bertz CT molecular complexity index is 239. The zero-order valence-corrected chi connectivity index (χ0v) is 11.7. The molecule has 1 aliphatic heterocycles. The van der Waals surface area contributed by atoms with E-state index < -0.39 is 0 Å². The first-order chi connectivity index (χ1) is 7.30. The Hall–Kier alpha value is -0.240. The van der Waals surface area contributed by atoms with Crippen LogP contribution >= 0.6 is 11.6 Å². The predicted octanol–water partition coefficient (Wildman–Crippen LogP) is 3.29. The Morgan fingerprint density at radius 1 is 1.38 bits per heavy atom. The Morgan fingerprint density at radius 3 is 2.31 bits per heavy atom. The van der Waals surface area contributed by atoms with Crippen LogP contribution < -0.4 is 0 Å². The van der Waals surface area contributed by atoms with E-state index in [9.17, 15) is 4.79 Å². The van der Waals surface area contributed by atoms with E-state index in [2.05, 4.69) is 27.7 Å². The van der Waals surface area contributed by atoms with Gasteiger partial charge in [-0.05, 0) is 24.2 Å². The first kappa shape index (κ1) is 13.8. The van der Waals surface area contributed by atoms with E-state index in [1.54, 1.807) is 0 Å². The van der Waals surface area contributed by atoms with Gasteiger partial charge < -0.3 is 4.90 Å². The Labute approximate surface area is 104 Å². The van der Waals surface area contributed by atoms with Crippen LogP contribution in [0.3, 0.4) is 0 Å². The highest BCUT2D eigenvalue weighted by Crippen LogP contribution is 2.29. The minimum Gasteiger partial charge on any atom is -0.343 e. The van der Waals surface area contributed by atoms with Crippen LogP contribution in [0.1, 0.15) is 47.0 Å². The number of halogens is 1. The summed E-state index contributed by atoms with van der Waals surface area (Å²) in [6.45, 7) is 10.4. The van der Waals surface area contributed by atoms with Crippen LogP contribution in [0.25, 0.3) is 0 Å². The molecular weight excluding hydrogens is 222 g/mol. The minimum absolute atomic E-state index is 0.209. The van der Waals surface area contributed by atoms with Crippen molar-refractivity contribution in [2.45, 2.75) is 52.3 Å². The third kappa shape index (κ3) is 3.97. The number of carbonyl (C=O) groups excluding carboxylic acids is 1. The molecule has 1 saturated heterocycles. The van der Waals surface area contributed by atoms with E-state index in [1.807, 2.05) is 4.90 Å². The van der Waals surface area contributed by atoms with Crippen molar-refractivity contribution in [2.75, 3.05) is 13.1 Å². The fourth-order valence-electron chi connectivity index (χ4n) is 1.79. The summed E-state index contributed by atoms with van der Waals surface area (Å²) in [6.07, 6.45) is 2.55. The summed E-state index contributed by atoms with van der Waals surface area (Å²) in [4.78, 5) is 14.0. The van der Waals surface area contributed by atoms with Crippen LogP contribution in [-0.4, -0.2) is 29.3 Å². The van der Waals surface area contributed by atoms with Crippen LogP contribution in [0.5, 0.6) is 0 Å². The van der Waals surface area contributed by atoms with E-state index in [-0.39, 0.29) is 10.8 Å². The highest BCUT2D eigenvalue weighted by Gasteiger charge is 2.27. The van der Waals surface area contributed by atoms with Crippen molar-refractivity contribution in [3.05, 3.63) is 0 Å². The van der Waals surface area contributed by atoms with Crippen molar-refractivity contribution in [3.63, 3.8) is 0 Å². The average Bonchev–Trinajstić information content (AvgIpc) is 2.17. The molecule has 0 radical (unpaired) electrons. The van der Waals surface area contributed by atoms with Gasteiger partial charge in [0, 0.05) is 24.9 Å². The SMILES string of the molecule is CC(CC(=O)N1CCC(Cl)CC1)C(C)(C)C. The monoisotopic (exact) mass is 245 g/mol. The quantitative estimate of drug-likeness (QED) is 0.684. The van der Waals surface area contributed by atoms with E-state index in [0.29, 0.717) is 18.2 Å². The molecule has 2 nitrogen and oxygen atoms in total. The Kier molecular flexibility index (Phi) is 4.66. The van der Waals surface area contributed by atoms with Gasteiger partial charge in [-0.2, -0.15) is 0 Å². The number of piperidine rings is 1. The number of amides is 1. The first-order valence-electron chi connectivity index (χ1n) is 6.22.